The Kier molecular flexibility index (Phi) is 3.48. The van der Waals surface area contributed by atoms with Gasteiger partial charge in [0.25, 0.3) is 0 Å². The first kappa shape index (κ1) is 10.3. The molecule has 0 saturated heterocycles. The highest BCUT2D eigenvalue weighted by atomic mass is 16.4. The van der Waals surface area contributed by atoms with Crippen LogP contribution in [-0.2, 0) is 4.79 Å². The molecular formula is C10H17NO2. The fourth-order valence-corrected chi connectivity index (χ4v) is 1.79. The number of carboxylic acid groups (broad SMARTS) is 1. The fraction of sp³-hybridized carbons (Fsp3) is 0.700. The molecule has 1 saturated carbocycles. The number of carbonyl (C=O) groups is 1. The summed E-state index contributed by atoms with van der Waals surface area (Å²) in [7, 11) is 0. The Hall–Kier alpha value is -0.830. The van der Waals surface area contributed by atoms with Gasteiger partial charge in [0.05, 0.1) is 0 Å². The molecule has 1 fully saturated rings. The van der Waals surface area contributed by atoms with E-state index >= 15 is 0 Å². The molecule has 1 aliphatic rings. The first-order chi connectivity index (χ1) is 6.12. The minimum absolute atomic E-state index is 0.366. The highest BCUT2D eigenvalue weighted by molar-refractivity contribution is 5.79. The minimum Gasteiger partial charge on any atom is -0.478 e. The summed E-state index contributed by atoms with van der Waals surface area (Å²) < 4.78 is 0. The molecule has 1 aliphatic carbocycles. The van der Waals surface area contributed by atoms with Crippen molar-refractivity contribution in [1.29, 1.82) is 0 Å². The van der Waals surface area contributed by atoms with Gasteiger partial charge in [-0.2, -0.15) is 0 Å². The topological polar surface area (TPSA) is 63.3 Å². The molecule has 0 heterocycles. The van der Waals surface area contributed by atoms with Gasteiger partial charge in [0.1, 0.15) is 0 Å². The smallest absolute Gasteiger partial charge is 0.328 e. The molecule has 0 bridgehead atoms. The molecule has 0 spiro atoms. The average molecular weight is 183 g/mol. The molecule has 3 nitrogen and oxygen atoms in total. The Bertz CT molecular complexity index is 203. The van der Waals surface area contributed by atoms with Crippen molar-refractivity contribution in [3.63, 3.8) is 0 Å². The van der Waals surface area contributed by atoms with Crippen molar-refractivity contribution < 1.29 is 9.90 Å². The van der Waals surface area contributed by atoms with E-state index in [9.17, 15) is 4.79 Å². The molecule has 0 radical (unpaired) electrons. The van der Waals surface area contributed by atoms with E-state index in [0.29, 0.717) is 0 Å². The third-order valence-electron chi connectivity index (χ3n) is 2.59. The zero-order chi connectivity index (χ0) is 9.73. The van der Waals surface area contributed by atoms with Crippen LogP contribution in [-0.4, -0.2) is 16.6 Å². The van der Waals surface area contributed by atoms with Gasteiger partial charge in [-0.3, -0.25) is 0 Å². The Labute approximate surface area is 78.6 Å². The largest absolute Gasteiger partial charge is 0.478 e. The zero-order valence-electron chi connectivity index (χ0n) is 7.83. The summed E-state index contributed by atoms with van der Waals surface area (Å²) >= 11 is 0. The van der Waals surface area contributed by atoms with E-state index in [1.807, 2.05) is 0 Å². The number of hydrogen-bond acceptors (Lipinski definition) is 2. The van der Waals surface area contributed by atoms with Crippen molar-refractivity contribution >= 4 is 5.97 Å². The van der Waals surface area contributed by atoms with Crippen LogP contribution in [0.25, 0.3) is 0 Å². The molecular weight excluding hydrogens is 166 g/mol. The van der Waals surface area contributed by atoms with Gasteiger partial charge in [-0.15, -0.1) is 0 Å². The first-order valence-electron chi connectivity index (χ1n) is 4.83. The van der Waals surface area contributed by atoms with E-state index in [4.69, 9.17) is 10.8 Å². The van der Waals surface area contributed by atoms with Crippen molar-refractivity contribution in [2.75, 3.05) is 0 Å². The normalized spacial score (nSPS) is 22.8. The lowest BCUT2D eigenvalue weighted by molar-refractivity contribution is -0.131. The lowest BCUT2D eigenvalue weighted by atomic mass is 9.91. The van der Waals surface area contributed by atoms with Gasteiger partial charge >= 0.3 is 5.97 Å². The molecule has 74 valence electrons. The summed E-state index contributed by atoms with van der Waals surface area (Å²) in [5, 5.41) is 8.49. The minimum atomic E-state index is -0.908. The van der Waals surface area contributed by atoms with Crippen molar-refractivity contribution in [3.05, 3.63) is 12.2 Å². The summed E-state index contributed by atoms with van der Waals surface area (Å²) in [5.41, 5.74) is 5.69. The predicted octanol–water partition coefficient (Wildman–Crippen LogP) is 1.68. The standard InChI is InChI=1S/C10H17NO2/c11-10(8-5-9(12)13)6-3-1-2-4-7-10/h5,8H,1-4,6-7,11H2,(H,12,13)/b8-5+. The highest BCUT2D eigenvalue weighted by Crippen LogP contribution is 2.25. The quantitative estimate of drug-likeness (QED) is 0.505. The average Bonchev–Trinajstić information content (AvgIpc) is 2.28. The third kappa shape index (κ3) is 3.59. The maximum Gasteiger partial charge on any atom is 0.328 e. The summed E-state index contributed by atoms with van der Waals surface area (Å²) in [5.74, 6) is -0.908. The Morgan fingerprint density at radius 3 is 2.23 bits per heavy atom. The molecule has 3 heteroatoms. The second kappa shape index (κ2) is 4.42. The lowest BCUT2D eigenvalue weighted by Crippen LogP contribution is -2.36. The van der Waals surface area contributed by atoms with Gasteiger partial charge < -0.3 is 10.8 Å². The fourth-order valence-electron chi connectivity index (χ4n) is 1.79. The lowest BCUT2D eigenvalue weighted by Gasteiger charge is -2.23. The number of carboxylic acids is 1. The molecule has 0 aromatic rings. The van der Waals surface area contributed by atoms with Crippen molar-refractivity contribution in [2.45, 2.75) is 44.1 Å². The molecule has 0 amide bonds. The van der Waals surface area contributed by atoms with E-state index in [-0.39, 0.29) is 5.54 Å². The maximum absolute atomic E-state index is 10.3. The maximum atomic E-state index is 10.3. The van der Waals surface area contributed by atoms with Crippen molar-refractivity contribution in [1.82, 2.24) is 0 Å². The second-order valence-corrected chi connectivity index (χ2v) is 3.82. The van der Waals surface area contributed by atoms with Gasteiger partial charge in [0.15, 0.2) is 0 Å². The monoisotopic (exact) mass is 183 g/mol. The summed E-state index contributed by atoms with van der Waals surface area (Å²) in [6.45, 7) is 0. The first-order valence-corrected chi connectivity index (χ1v) is 4.83. The second-order valence-electron chi connectivity index (χ2n) is 3.82. The number of rotatable bonds is 2. The number of nitrogens with two attached hydrogens (primary N) is 1. The molecule has 0 aromatic carbocycles. The summed E-state index contributed by atoms with van der Waals surface area (Å²) in [6, 6.07) is 0. The van der Waals surface area contributed by atoms with Crippen LogP contribution >= 0.6 is 0 Å². The molecule has 0 aromatic heterocycles. The Balaban J connectivity index is 2.56. The molecule has 0 aliphatic heterocycles. The molecule has 3 N–H and O–H groups in total. The van der Waals surface area contributed by atoms with Crippen LogP contribution in [0.15, 0.2) is 12.2 Å². The van der Waals surface area contributed by atoms with Crippen LogP contribution in [0, 0.1) is 0 Å². The van der Waals surface area contributed by atoms with Gasteiger partial charge in [-0.05, 0) is 12.8 Å². The summed E-state index contributed by atoms with van der Waals surface area (Å²) in [6.07, 6.45) is 9.32. The number of hydrogen-bond donors (Lipinski definition) is 2. The molecule has 13 heavy (non-hydrogen) atoms. The molecule has 1 rings (SSSR count). The van der Waals surface area contributed by atoms with Crippen LogP contribution in [0.5, 0.6) is 0 Å². The van der Waals surface area contributed by atoms with Gasteiger partial charge in [0, 0.05) is 11.6 Å². The van der Waals surface area contributed by atoms with Crippen LogP contribution in [0.4, 0.5) is 0 Å². The van der Waals surface area contributed by atoms with E-state index < -0.39 is 5.97 Å². The van der Waals surface area contributed by atoms with Crippen LogP contribution in [0.1, 0.15) is 38.5 Å². The van der Waals surface area contributed by atoms with Crippen molar-refractivity contribution in [3.8, 4) is 0 Å². The number of aliphatic carboxylic acids is 1. The zero-order valence-corrected chi connectivity index (χ0v) is 7.83. The molecule has 0 unspecified atom stereocenters. The van der Waals surface area contributed by atoms with Gasteiger partial charge in [0.2, 0.25) is 0 Å². The van der Waals surface area contributed by atoms with E-state index in [1.54, 1.807) is 6.08 Å². The van der Waals surface area contributed by atoms with E-state index in [1.165, 1.54) is 18.9 Å². The van der Waals surface area contributed by atoms with Crippen LogP contribution in [0.2, 0.25) is 0 Å². The van der Waals surface area contributed by atoms with Crippen LogP contribution in [0.3, 0.4) is 0 Å². The Morgan fingerprint density at radius 2 is 1.77 bits per heavy atom. The summed E-state index contributed by atoms with van der Waals surface area (Å²) in [4.78, 5) is 10.3. The van der Waals surface area contributed by atoms with E-state index in [0.717, 1.165) is 25.7 Å². The van der Waals surface area contributed by atoms with Gasteiger partial charge in [-0.25, -0.2) is 4.79 Å². The Morgan fingerprint density at radius 1 is 1.23 bits per heavy atom. The van der Waals surface area contributed by atoms with Crippen LogP contribution < -0.4 is 5.73 Å². The van der Waals surface area contributed by atoms with Crippen molar-refractivity contribution in [2.24, 2.45) is 5.73 Å². The molecule has 0 atom stereocenters. The van der Waals surface area contributed by atoms with E-state index in [2.05, 4.69) is 0 Å². The SMILES string of the molecule is NC1(/C=C/C(=O)O)CCCCCC1. The highest BCUT2D eigenvalue weighted by Gasteiger charge is 2.22. The predicted molar refractivity (Wildman–Crippen MR) is 51.4 cm³/mol. The third-order valence-corrected chi connectivity index (χ3v) is 2.59. The van der Waals surface area contributed by atoms with Gasteiger partial charge in [-0.1, -0.05) is 31.8 Å².